The van der Waals surface area contributed by atoms with Crippen LogP contribution in [0.15, 0.2) is 36.7 Å². The molecular formula is C16H21N3O2. The number of Topliss-reactive ketones (excluding diaryl/α,β-unsaturated/α-hetero) is 1. The summed E-state index contributed by atoms with van der Waals surface area (Å²) >= 11 is 0. The summed E-state index contributed by atoms with van der Waals surface area (Å²) in [6.07, 6.45) is 1.16. The third-order valence-corrected chi connectivity index (χ3v) is 3.20. The van der Waals surface area contributed by atoms with E-state index < -0.39 is 6.10 Å². The van der Waals surface area contributed by atoms with Crippen LogP contribution in [0.5, 0.6) is 0 Å². The van der Waals surface area contributed by atoms with Crippen LogP contribution in [0.4, 0.5) is 0 Å². The molecule has 0 N–H and O–H groups in total. The van der Waals surface area contributed by atoms with Gasteiger partial charge in [0, 0.05) is 12.6 Å². The Bertz CT molecular complexity index is 578. The van der Waals surface area contributed by atoms with E-state index >= 15 is 0 Å². The predicted molar refractivity (Wildman–Crippen MR) is 79.9 cm³/mol. The van der Waals surface area contributed by atoms with E-state index in [1.54, 1.807) is 4.68 Å². The Hall–Kier alpha value is -2.01. The number of carbonyl (C=O) groups excluding carboxylic acids is 1. The second-order valence-electron chi connectivity index (χ2n) is 5.10. The van der Waals surface area contributed by atoms with Crippen molar-refractivity contribution in [1.82, 2.24) is 14.8 Å². The van der Waals surface area contributed by atoms with Crippen LogP contribution in [-0.4, -0.2) is 27.2 Å². The van der Waals surface area contributed by atoms with Gasteiger partial charge in [0.25, 0.3) is 0 Å². The van der Waals surface area contributed by atoms with Crippen molar-refractivity contribution in [3.8, 4) is 0 Å². The number of aromatic nitrogens is 3. The van der Waals surface area contributed by atoms with E-state index in [9.17, 15) is 4.79 Å². The van der Waals surface area contributed by atoms with Gasteiger partial charge in [0.2, 0.25) is 0 Å². The molecule has 1 heterocycles. The lowest BCUT2D eigenvalue weighted by Crippen LogP contribution is -2.21. The molecule has 1 unspecified atom stereocenters. The molecule has 0 fully saturated rings. The van der Waals surface area contributed by atoms with Gasteiger partial charge >= 0.3 is 0 Å². The molecular weight excluding hydrogens is 266 g/mol. The molecule has 0 spiro atoms. The SMILES string of the molecule is CCOC(C(=O)Cc1ncnn1C(C)C)c1ccccc1. The van der Waals surface area contributed by atoms with Crippen molar-refractivity contribution in [2.24, 2.45) is 0 Å². The average molecular weight is 287 g/mol. The number of benzene rings is 1. The molecule has 1 aromatic heterocycles. The summed E-state index contributed by atoms with van der Waals surface area (Å²) in [7, 11) is 0. The van der Waals surface area contributed by atoms with Gasteiger partial charge in [-0.25, -0.2) is 9.67 Å². The number of hydrogen-bond donors (Lipinski definition) is 0. The molecule has 21 heavy (non-hydrogen) atoms. The molecule has 2 rings (SSSR count). The topological polar surface area (TPSA) is 57.0 Å². The first-order valence-electron chi connectivity index (χ1n) is 7.21. The quantitative estimate of drug-likeness (QED) is 0.785. The minimum atomic E-state index is -0.548. The third-order valence-electron chi connectivity index (χ3n) is 3.20. The molecule has 0 saturated carbocycles. The van der Waals surface area contributed by atoms with E-state index in [1.165, 1.54) is 6.33 Å². The fourth-order valence-corrected chi connectivity index (χ4v) is 2.25. The van der Waals surface area contributed by atoms with Crippen molar-refractivity contribution in [3.63, 3.8) is 0 Å². The molecule has 1 aromatic carbocycles. The van der Waals surface area contributed by atoms with Gasteiger partial charge in [-0.3, -0.25) is 4.79 Å². The normalized spacial score (nSPS) is 12.6. The second kappa shape index (κ2) is 7.13. The van der Waals surface area contributed by atoms with Crippen LogP contribution >= 0.6 is 0 Å². The van der Waals surface area contributed by atoms with Crippen LogP contribution in [0.1, 0.15) is 44.3 Å². The maximum atomic E-state index is 12.6. The first-order valence-corrected chi connectivity index (χ1v) is 7.21. The van der Waals surface area contributed by atoms with Gasteiger partial charge in [-0.2, -0.15) is 5.10 Å². The molecule has 5 heteroatoms. The summed E-state index contributed by atoms with van der Waals surface area (Å²) in [5, 5.41) is 4.16. The van der Waals surface area contributed by atoms with Gasteiger partial charge in [0.1, 0.15) is 18.3 Å². The smallest absolute Gasteiger partial charge is 0.173 e. The lowest BCUT2D eigenvalue weighted by Gasteiger charge is -2.17. The van der Waals surface area contributed by atoms with Gasteiger partial charge in [-0.1, -0.05) is 30.3 Å². The highest BCUT2D eigenvalue weighted by Crippen LogP contribution is 2.20. The highest BCUT2D eigenvalue weighted by molar-refractivity contribution is 5.85. The molecule has 0 aliphatic heterocycles. The zero-order valence-electron chi connectivity index (χ0n) is 12.7. The fraction of sp³-hybridized carbons (Fsp3) is 0.438. The van der Waals surface area contributed by atoms with E-state index in [1.807, 2.05) is 51.1 Å². The van der Waals surface area contributed by atoms with Crippen molar-refractivity contribution >= 4 is 5.78 Å². The average Bonchev–Trinajstić information content (AvgIpc) is 2.94. The molecule has 0 aliphatic carbocycles. The minimum Gasteiger partial charge on any atom is -0.366 e. The van der Waals surface area contributed by atoms with Crippen LogP contribution in [0.2, 0.25) is 0 Å². The molecule has 112 valence electrons. The van der Waals surface area contributed by atoms with Crippen LogP contribution < -0.4 is 0 Å². The van der Waals surface area contributed by atoms with Gasteiger partial charge in [-0.05, 0) is 26.3 Å². The van der Waals surface area contributed by atoms with Gasteiger partial charge < -0.3 is 4.74 Å². The van der Waals surface area contributed by atoms with Crippen LogP contribution in [0.3, 0.4) is 0 Å². The summed E-state index contributed by atoms with van der Waals surface area (Å²) in [6, 6.07) is 9.73. The standard InChI is InChI=1S/C16H21N3O2/c1-4-21-16(13-8-6-5-7-9-13)14(20)10-15-17-11-18-19(15)12(2)3/h5-9,11-12,16H,4,10H2,1-3H3. The minimum absolute atomic E-state index is 0.00190. The summed E-state index contributed by atoms with van der Waals surface area (Å²) in [5.41, 5.74) is 0.875. The van der Waals surface area contributed by atoms with E-state index in [4.69, 9.17) is 4.74 Å². The zero-order valence-corrected chi connectivity index (χ0v) is 12.7. The molecule has 0 aliphatic rings. The maximum Gasteiger partial charge on any atom is 0.173 e. The van der Waals surface area contributed by atoms with Crippen molar-refractivity contribution in [2.75, 3.05) is 6.61 Å². The molecule has 1 atom stereocenters. The predicted octanol–water partition coefficient (Wildman–Crippen LogP) is 2.75. The van der Waals surface area contributed by atoms with Gasteiger partial charge in [-0.15, -0.1) is 0 Å². The first kappa shape index (κ1) is 15.4. The Morgan fingerprint density at radius 1 is 1.29 bits per heavy atom. The Labute approximate surface area is 125 Å². The van der Waals surface area contributed by atoms with Crippen LogP contribution in [0.25, 0.3) is 0 Å². The van der Waals surface area contributed by atoms with E-state index in [2.05, 4.69) is 10.1 Å². The molecule has 5 nitrogen and oxygen atoms in total. The number of hydrogen-bond acceptors (Lipinski definition) is 4. The number of nitrogens with zero attached hydrogens (tertiary/aromatic N) is 3. The van der Waals surface area contributed by atoms with Crippen molar-refractivity contribution in [1.29, 1.82) is 0 Å². The fourth-order valence-electron chi connectivity index (χ4n) is 2.25. The summed E-state index contributed by atoms with van der Waals surface area (Å²) in [4.78, 5) is 16.8. The van der Waals surface area contributed by atoms with Crippen molar-refractivity contribution in [2.45, 2.75) is 39.3 Å². The van der Waals surface area contributed by atoms with E-state index in [0.717, 1.165) is 5.56 Å². The second-order valence-corrected chi connectivity index (χ2v) is 5.10. The third kappa shape index (κ3) is 3.76. The van der Waals surface area contributed by atoms with Crippen LogP contribution in [0, 0.1) is 0 Å². The van der Waals surface area contributed by atoms with E-state index in [-0.39, 0.29) is 18.2 Å². The molecule has 0 bridgehead atoms. The Morgan fingerprint density at radius 2 is 2.00 bits per heavy atom. The first-order chi connectivity index (χ1) is 10.1. The monoisotopic (exact) mass is 287 g/mol. The summed E-state index contributed by atoms with van der Waals surface area (Å²) in [6.45, 7) is 6.40. The number of ether oxygens (including phenoxy) is 1. The number of ketones is 1. The number of rotatable bonds is 7. The van der Waals surface area contributed by atoms with Crippen molar-refractivity contribution < 1.29 is 9.53 Å². The molecule has 0 saturated heterocycles. The summed E-state index contributed by atoms with van der Waals surface area (Å²) in [5.74, 6) is 0.675. The molecule has 0 radical (unpaired) electrons. The molecule has 0 amide bonds. The molecule has 2 aromatic rings. The van der Waals surface area contributed by atoms with E-state index in [0.29, 0.717) is 12.4 Å². The number of carbonyl (C=O) groups is 1. The Morgan fingerprint density at radius 3 is 2.62 bits per heavy atom. The lowest BCUT2D eigenvalue weighted by molar-refractivity contribution is -0.130. The zero-order chi connectivity index (χ0) is 15.2. The maximum absolute atomic E-state index is 12.6. The van der Waals surface area contributed by atoms with Crippen LogP contribution in [-0.2, 0) is 16.0 Å². The highest BCUT2D eigenvalue weighted by Gasteiger charge is 2.23. The Balaban J connectivity index is 2.18. The van der Waals surface area contributed by atoms with Gasteiger partial charge in [0.05, 0.1) is 6.42 Å². The Kier molecular flexibility index (Phi) is 5.22. The largest absolute Gasteiger partial charge is 0.366 e. The summed E-state index contributed by atoms with van der Waals surface area (Å²) < 4.78 is 7.40. The van der Waals surface area contributed by atoms with Gasteiger partial charge in [0.15, 0.2) is 5.78 Å². The van der Waals surface area contributed by atoms with Crippen molar-refractivity contribution in [3.05, 3.63) is 48.0 Å². The lowest BCUT2D eigenvalue weighted by atomic mass is 10.0. The highest BCUT2D eigenvalue weighted by atomic mass is 16.5.